The molecule has 1 atom stereocenters. The summed E-state index contributed by atoms with van der Waals surface area (Å²) in [6.45, 7) is 0. The Morgan fingerprint density at radius 2 is 2.11 bits per heavy atom. The van der Waals surface area contributed by atoms with E-state index in [4.69, 9.17) is 9.84 Å². The molecular formula is C11H9F2NO5. The topological polar surface area (TPSA) is 89.7 Å². The van der Waals surface area contributed by atoms with Crippen molar-refractivity contribution in [1.29, 1.82) is 0 Å². The van der Waals surface area contributed by atoms with E-state index in [-0.39, 0.29) is 11.3 Å². The highest BCUT2D eigenvalue weighted by Crippen LogP contribution is 2.62. The number of benzene rings is 1. The van der Waals surface area contributed by atoms with Crippen molar-refractivity contribution < 1.29 is 28.3 Å². The Hall–Kier alpha value is -2.25. The van der Waals surface area contributed by atoms with Gasteiger partial charge in [0, 0.05) is 12.5 Å². The predicted molar refractivity (Wildman–Crippen MR) is 58.5 cm³/mol. The van der Waals surface area contributed by atoms with Crippen LogP contribution in [0, 0.1) is 10.1 Å². The maximum atomic E-state index is 13.3. The van der Waals surface area contributed by atoms with Crippen molar-refractivity contribution in [3.05, 3.63) is 33.9 Å². The van der Waals surface area contributed by atoms with Crippen molar-refractivity contribution in [3.63, 3.8) is 0 Å². The van der Waals surface area contributed by atoms with Crippen LogP contribution >= 0.6 is 0 Å². The quantitative estimate of drug-likeness (QED) is 0.669. The summed E-state index contributed by atoms with van der Waals surface area (Å²) in [5.41, 5.74) is -3.20. The van der Waals surface area contributed by atoms with E-state index in [0.717, 1.165) is 18.2 Å². The van der Waals surface area contributed by atoms with Gasteiger partial charge in [0.2, 0.25) is 0 Å². The van der Waals surface area contributed by atoms with E-state index in [1.807, 2.05) is 0 Å². The van der Waals surface area contributed by atoms with Crippen LogP contribution in [0.3, 0.4) is 0 Å². The summed E-state index contributed by atoms with van der Waals surface area (Å²) in [4.78, 5) is 21.0. The van der Waals surface area contributed by atoms with Gasteiger partial charge in [-0.15, -0.1) is 0 Å². The molecule has 102 valence electrons. The predicted octanol–water partition coefficient (Wildman–Crippen LogP) is 1.96. The third kappa shape index (κ3) is 1.71. The molecule has 1 aliphatic rings. The van der Waals surface area contributed by atoms with Crippen LogP contribution in [0.2, 0.25) is 0 Å². The van der Waals surface area contributed by atoms with Gasteiger partial charge in [0.1, 0.15) is 0 Å². The van der Waals surface area contributed by atoms with E-state index in [1.165, 1.54) is 7.11 Å². The summed E-state index contributed by atoms with van der Waals surface area (Å²) < 4.78 is 31.4. The van der Waals surface area contributed by atoms with Gasteiger partial charge in [-0.1, -0.05) is 6.07 Å². The highest BCUT2D eigenvalue weighted by molar-refractivity contribution is 5.88. The van der Waals surface area contributed by atoms with Crippen LogP contribution in [0.25, 0.3) is 0 Å². The van der Waals surface area contributed by atoms with Gasteiger partial charge in [-0.3, -0.25) is 14.9 Å². The second-order valence-electron chi connectivity index (χ2n) is 4.24. The molecule has 1 aliphatic carbocycles. The Morgan fingerprint density at radius 3 is 2.47 bits per heavy atom. The fourth-order valence-electron chi connectivity index (χ4n) is 2.06. The van der Waals surface area contributed by atoms with E-state index in [1.54, 1.807) is 0 Å². The van der Waals surface area contributed by atoms with Crippen LogP contribution in [0.15, 0.2) is 18.2 Å². The van der Waals surface area contributed by atoms with Gasteiger partial charge in [0.15, 0.2) is 11.2 Å². The number of halogens is 2. The Balaban J connectivity index is 2.56. The molecule has 2 rings (SSSR count). The second kappa shape index (κ2) is 3.87. The number of nitrogens with zero attached hydrogens (tertiary/aromatic N) is 1. The van der Waals surface area contributed by atoms with Gasteiger partial charge in [-0.25, -0.2) is 8.78 Å². The van der Waals surface area contributed by atoms with Gasteiger partial charge < -0.3 is 9.84 Å². The average molecular weight is 273 g/mol. The zero-order valence-electron chi connectivity index (χ0n) is 9.72. The van der Waals surface area contributed by atoms with Gasteiger partial charge in [0.25, 0.3) is 5.92 Å². The summed E-state index contributed by atoms with van der Waals surface area (Å²) in [5.74, 6) is -5.21. The number of rotatable bonds is 4. The van der Waals surface area contributed by atoms with Crippen molar-refractivity contribution in [2.45, 2.75) is 17.8 Å². The minimum atomic E-state index is -3.40. The van der Waals surface area contributed by atoms with Crippen LogP contribution in [0.4, 0.5) is 14.5 Å². The number of nitro benzene ring substituents is 1. The lowest BCUT2D eigenvalue weighted by Gasteiger charge is -2.12. The van der Waals surface area contributed by atoms with Crippen molar-refractivity contribution in [3.8, 4) is 5.75 Å². The second-order valence-corrected chi connectivity index (χ2v) is 4.24. The molecule has 0 spiro atoms. The van der Waals surface area contributed by atoms with Gasteiger partial charge in [-0.2, -0.15) is 0 Å². The van der Waals surface area contributed by atoms with Gasteiger partial charge >= 0.3 is 11.7 Å². The molecule has 0 heterocycles. The first-order chi connectivity index (χ1) is 8.76. The Morgan fingerprint density at radius 1 is 1.53 bits per heavy atom. The molecule has 19 heavy (non-hydrogen) atoms. The maximum Gasteiger partial charge on any atom is 0.320 e. The zero-order chi connectivity index (χ0) is 14.4. The third-order valence-electron chi connectivity index (χ3n) is 3.22. The lowest BCUT2D eigenvalue weighted by Crippen LogP contribution is -2.27. The highest BCUT2D eigenvalue weighted by Gasteiger charge is 2.77. The SMILES string of the molecule is COc1ccc(C2(C(=O)O)CC2(F)F)cc1[N+](=O)[O-]. The molecule has 1 N–H and O–H groups in total. The molecule has 8 heteroatoms. The fourth-order valence-corrected chi connectivity index (χ4v) is 2.06. The lowest BCUT2D eigenvalue weighted by atomic mass is 9.94. The molecule has 0 aliphatic heterocycles. The van der Waals surface area contributed by atoms with Crippen LogP contribution < -0.4 is 4.74 Å². The Kier molecular flexibility index (Phi) is 2.69. The molecule has 0 bridgehead atoms. The smallest absolute Gasteiger partial charge is 0.320 e. The first-order valence-electron chi connectivity index (χ1n) is 5.20. The largest absolute Gasteiger partial charge is 0.490 e. The molecule has 1 saturated carbocycles. The normalized spacial score (nSPS) is 23.7. The van der Waals surface area contributed by atoms with Crippen molar-refractivity contribution in [2.75, 3.05) is 7.11 Å². The summed E-state index contributed by atoms with van der Waals surface area (Å²) >= 11 is 0. The van der Waals surface area contributed by atoms with E-state index < -0.39 is 34.3 Å². The molecule has 6 nitrogen and oxygen atoms in total. The lowest BCUT2D eigenvalue weighted by molar-refractivity contribution is -0.385. The number of carboxylic acids is 1. The standard InChI is InChI=1S/C11H9F2NO5/c1-19-8-3-2-6(4-7(8)14(17)18)10(9(15)16)5-11(10,12)13/h2-4H,5H2,1H3,(H,15,16). The number of alkyl halides is 2. The first-order valence-corrected chi connectivity index (χ1v) is 5.20. The van der Waals surface area contributed by atoms with Crippen LogP contribution in [-0.4, -0.2) is 29.0 Å². The van der Waals surface area contributed by atoms with Gasteiger partial charge in [0.05, 0.1) is 12.0 Å². The molecule has 0 aromatic heterocycles. The molecule has 1 unspecified atom stereocenters. The number of carboxylic acid groups (broad SMARTS) is 1. The minimum Gasteiger partial charge on any atom is -0.490 e. The van der Waals surface area contributed by atoms with E-state index in [2.05, 4.69) is 0 Å². The number of hydrogen-bond acceptors (Lipinski definition) is 4. The number of hydrogen-bond donors (Lipinski definition) is 1. The summed E-state index contributed by atoms with van der Waals surface area (Å²) in [6.07, 6.45) is -0.862. The van der Waals surface area contributed by atoms with Crippen molar-refractivity contribution in [1.82, 2.24) is 0 Å². The van der Waals surface area contributed by atoms with E-state index in [0.29, 0.717) is 0 Å². The summed E-state index contributed by atoms with van der Waals surface area (Å²) in [6, 6.07) is 3.06. The number of methoxy groups -OCH3 is 1. The number of ether oxygens (including phenoxy) is 1. The van der Waals surface area contributed by atoms with Crippen molar-refractivity contribution >= 4 is 11.7 Å². The summed E-state index contributed by atoms with van der Waals surface area (Å²) in [5, 5.41) is 19.8. The first kappa shape index (κ1) is 13.2. The number of aliphatic carboxylic acids is 1. The summed E-state index contributed by atoms with van der Waals surface area (Å²) in [7, 11) is 1.20. The van der Waals surface area contributed by atoms with Crippen LogP contribution in [0.1, 0.15) is 12.0 Å². The van der Waals surface area contributed by atoms with E-state index >= 15 is 0 Å². The average Bonchev–Trinajstić information content (AvgIpc) is 2.93. The van der Waals surface area contributed by atoms with Crippen molar-refractivity contribution in [2.24, 2.45) is 0 Å². The number of nitro groups is 1. The Labute approximate surface area is 105 Å². The molecule has 1 aromatic carbocycles. The highest BCUT2D eigenvalue weighted by atomic mass is 19.3. The van der Waals surface area contributed by atoms with E-state index in [9.17, 15) is 23.7 Å². The monoisotopic (exact) mass is 273 g/mol. The molecule has 1 fully saturated rings. The zero-order valence-corrected chi connectivity index (χ0v) is 9.72. The third-order valence-corrected chi connectivity index (χ3v) is 3.22. The molecule has 0 radical (unpaired) electrons. The molecule has 0 amide bonds. The van der Waals surface area contributed by atoms with Gasteiger partial charge in [-0.05, 0) is 11.6 Å². The molecule has 0 saturated heterocycles. The molecular weight excluding hydrogens is 264 g/mol. The maximum absolute atomic E-state index is 13.3. The van der Waals surface area contributed by atoms with Crippen LogP contribution in [-0.2, 0) is 10.2 Å². The fraction of sp³-hybridized carbons (Fsp3) is 0.364. The van der Waals surface area contributed by atoms with Crippen LogP contribution in [0.5, 0.6) is 5.75 Å². The number of carbonyl (C=O) groups is 1. The minimum absolute atomic E-state index is 0.113. The molecule has 1 aromatic rings. The Bertz CT molecular complexity index is 574.